The molecule has 1 heterocycles. The van der Waals surface area contributed by atoms with Gasteiger partial charge in [0, 0.05) is 12.1 Å². The van der Waals surface area contributed by atoms with Crippen LogP contribution in [0.3, 0.4) is 0 Å². The predicted octanol–water partition coefficient (Wildman–Crippen LogP) is 6.67. The van der Waals surface area contributed by atoms with Gasteiger partial charge in [-0.1, -0.05) is 68.8 Å². The van der Waals surface area contributed by atoms with Crippen molar-refractivity contribution in [2.24, 2.45) is 0 Å². The Bertz CT molecular complexity index is 1390. The largest absolute Gasteiger partial charge is 0.507 e. The van der Waals surface area contributed by atoms with Crippen LogP contribution in [0.1, 0.15) is 56.0 Å². The second-order valence-corrected chi connectivity index (χ2v) is 10.6. The van der Waals surface area contributed by atoms with Crippen LogP contribution in [-0.4, -0.2) is 35.4 Å². The van der Waals surface area contributed by atoms with Gasteiger partial charge in [0.05, 0.1) is 30.4 Å². The van der Waals surface area contributed by atoms with Crippen molar-refractivity contribution in [1.82, 2.24) is 4.90 Å². The molecule has 38 heavy (non-hydrogen) atoms. The molecule has 3 aromatic rings. The Morgan fingerprint density at radius 2 is 1.71 bits per heavy atom. The van der Waals surface area contributed by atoms with E-state index in [2.05, 4.69) is 20.8 Å². The van der Waals surface area contributed by atoms with E-state index in [1.165, 1.54) is 12.0 Å². The second-order valence-electron chi connectivity index (χ2n) is 10.2. The molecule has 0 aliphatic carbocycles. The molecule has 1 saturated heterocycles. The number of nitrogens with zero attached hydrogens (tertiary/aromatic N) is 1. The Balaban J connectivity index is 1.87. The van der Waals surface area contributed by atoms with E-state index in [1.54, 1.807) is 18.2 Å². The number of ether oxygens (including phenoxy) is 2. The number of Topliss-reactive ketones (excluding diaryl/α,β-unsaturated/α-hetero) is 1. The molecule has 7 heteroatoms. The van der Waals surface area contributed by atoms with Crippen LogP contribution in [0.25, 0.3) is 5.76 Å². The van der Waals surface area contributed by atoms with Crippen molar-refractivity contribution in [1.29, 1.82) is 0 Å². The summed E-state index contributed by atoms with van der Waals surface area (Å²) < 4.78 is 10.9. The molecule has 1 aliphatic heterocycles. The normalized spacial score (nSPS) is 17.1. The third kappa shape index (κ3) is 5.41. The van der Waals surface area contributed by atoms with Crippen LogP contribution in [0.5, 0.6) is 11.5 Å². The van der Waals surface area contributed by atoms with Crippen LogP contribution in [0.4, 0.5) is 0 Å². The van der Waals surface area contributed by atoms with Gasteiger partial charge in [-0.25, -0.2) is 0 Å². The van der Waals surface area contributed by atoms with Gasteiger partial charge in [-0.3, -0.25) is 9.59 Å². The molecule has 3 aromatic carbocycles. The molecule has 198 valence electrons. The molecule has 6 nitrogen and oxygen atoms in total. The lowest BCUT2D eigenvalue weighted by Crippen LogP contribution is -2.29. The monoisotopic (exact) mass is 533 g/mol. The first-order valence-electron chi connectivity index (χ1n) is 12.5. The number of methoxy groups -OCH3 is 1. The fraction of sp³-hybridized carbons (Fsp3) is 0.290. The van der Waals surface area contributed by atoms with E-state index >= 15 is 0 Å². The van der Waals surface area contributed by atoms with Gasteiger partial charge in [0.1, 0.15) is 17.3 Å². The first-order chi connectivity index (χ1) is 18.0. The van der Waals surface area contributed by atoms with Crippen LogP contribution in [-0.2, 0) is 21.5 Å². The molecule has 1 aliphatic rings. The standard InChI is InChI=1S/C31H32ClNO5/c1-6-38-23-9-7-8-19(16-23)18-33-27(20-10-12-21(13-11-20)31(2,3)4)26(29(35)30(33)36)28(34)24-17-22(37-5)14-15-25(24)32/h7-17,27,34H,6,18H2,1-5H3/b28-26+. The Labute approximate surface area is 228 Å². The van der Waals surface area contributed by atoms with Gasteiger partial charge in [0.2, 0.25) is 0 Å². The number of carbonyl (C=O) groups excluding carboxylic acids is 2. The third-order valence-corrected chi connectivity index (χ3v) is 6.95. The van der Waals surface area contributed by atoms with Gasteiger partial charge in [0.15, 0.2) is 0 Å². The number of likely N-dealkylation sites (tertiary alicyclic amines) is 1. The number of carbonyl (C=O) groups is 2. The van der Waals surface area contributed by atoms with Crippen LogP contribution in [0.2, 0.25) is 5.02 Å². The minimum absolute atomic E-state index is 0.0189. The Morgan fingerprint density at radius 1 is 1.00 bits per heavy atom. The molecule has 0 aromatic heterocycles. The molecule has 1 fully saturated rings. The zero-order valence-corrected chi connectivity index (χ0v) is 23.0. The zero-order valence-electron chi connectivity index (χ0n) is 22.2. The highest BCUT2D eigenvalue weighted by molar-refractivity contribution is 6.47. The Hall–Kier alpha value is -3.77. The van der Waals surface area contributed by atoms with E-state index in [4.69, 9.17) is 21.1 Å². The maximum absolute atomic E-state index is 13.5. The number of halogens is 1. The second kappa shape index (κ2) is 10.9. The summed E-state index contributed by atoms with van der Waals surface area (Å²) in [5, 5.41) is 11.7. The topological polar surface area (TPSA) is 76.1 Å². The minimum Gasteiger partial charge on any atom is -0.507 e. The van der Waals surface area contributed by atoms with E-state index in [0.29, 0.717) is 23.7 Å². The molecule has 0 saturated carbocycles. The number of benzene rings is 3. The average molecular weight is 534 g/mol. The smallest absolute Gasteiger partial charge is 0.295 e. The summed E-state index contributed by atoms with van der Waals surface area (Å²) in [6.07, 6.45) is 0. The van der Waals surface area contributed by atoms with E-state index < -0.39 is 17.7 Å². The molecule has 1 N–H and O–H groups in total. The van der Waals surface area contributed by atoms with Crippen molar-refractivity contribution in [3.8, 4) is 11.5 Å². The molecule has 0 radical (unpaired) electrons. The lowest BCUT2D eigenvalue weighted by Gasteiger charge is -2.27. The highest BCUT2D eigenvalue weighted by Crippen LogP contribution is 2.42. The fourth-order valence-corrected chi connectivity index (χ4v) is 4.82. The lowest BCUT2D eigenvalue weighted by molar-refractivity contribution is -0.140. The number of aliphatic hydroxyl groups is 1. The maximum atomic E-state index is 13.5. The number of aliphatic hydroxyl groups excluding tert-OH is 1. The highest BCUT2D eigenvalue weighted by Gasteiger charge is 2.46. The van der Waals surface area contributed by atoms with Crippen LogP contribution in [0.15, 0.2) is 72.3 Å². The van der Waals surface area contributed by atoms with Crippen molar-refractivity contribution in [2.75, 3.05) is 13.7 Å². The molecule has 1 atom stereocenters. The summed E-state index contributed by atoms with van der Waals surface area (Å²) in [5.41, 5.74) is 2.74. The molecule has 1 amide bonds. The number of amides is 1. The van der Waals surface area contributed by atoms with Gasteiger partial charge in [-0.2, -0.15) is 0 Å². The summed E-state index contributed by atoms with van der Waals surface area (Å²) in [6, 6.07) is 19.2. The first-order valence-corrected chi connectivity index (χ1v) is 12.9. The van der Waals surface area contributed by atoms with E-state index in [9.17, 15) is 14.7 Å². The zero-order chi connectivity index (χ0) is 27.6. The summed E-state index contributed by atoms with van der Waals surface area (Å²) in [4.78, 5) is 28.4. The SMILES string of the molecule is CCOc1cccc(CN2C(=O)C(=O)/C(=C(/O)c3cc(OC)ccc3Cl)C2c2ccc(C(C)(C)C)cc2)c1. The number of hydrogen-bond acceptors (Lipinski definition) is 5. The van der Waals surface area contributed by atoms with Crippen molar-refractivity contribution in [3.63, 3.8) is 0 Å². The third-order valence-electron chi connectivity index (χ3n) is 6.62. The van der Waals surface area contributed by atoms with Crippen LogP contribution in [0, 0.1) is 0 Å². The molecular weight excluding hydrogens is 502 g/mol. The van der Waals surface area contributed by atoms with Crippen molar-refractivity contribution >= 4 is 29.1 Å². The molecule has 1 unspecified atom stereocenters. The average Bonchev–Trinajstić information content (AvgIpc) is 3.13. The van der Waals surface area contributed by atoms with Gasteiger partial charge < -0.3 is 19.5 Å². The fourth-order valence-electron chi connectivity index (χ4n) is 4.61. The van der Waals surface area contributed by atoms with Crippen molar-refractivity contribution < 1.29 is 24.2 Å². The predicted molar refractivity (Wildman–Crippen MR) is 149 cm³/mol. The molecule has 0 spiro atoms. The maximum Gasteiger partial charge on any atom is 0.295 e. The van der Waals surface area contributed by atoms with E-state index in [-0.39, 0.29) is 33.9 Å². The van der Waals surface area contributed by atoms with Gasteiger partial charge >= 0.3 is 0 Å². The summed E-state index contributed by atoms with van der Waals surface area (Å²) in [6.45, 7) is 8.91. The minimum atomic E-state index is -0.818. The quantitative estimate of drug-likeness (QED) is 0.208. The van der Waals surface area contributed by atoms with E-state index in [1.807, 2.05) is 55.5 Å². The summed E-state index contributed by atoms with van der Waals surface area (Å²) in [7, 11) is 1.50. The summed E-state index contributed by atoms with van der Waals surface area (Å²) >= 11 is 6.42. The molecular formula is C31H32ClNO5. The van der Waals surface area contributed by atoms with Crippen molar-refractivity contribution in [3.05, 3.63) is 99.6 Å². The Kier molecular flexibility index (Phi) is 7.83. The highest BCUT2D eigenvalue weighted by atomic mass is 35.5. The van der Waals surface area contributed by atoms with Crippen molar-refractivity contribution in [2.45, 2.75) is 45.7 Å². The van der Waals surface area contributed by atoms with Gasteiger partial charge in [-0.15, -0.1) is 0 Å². The van der Waals surface area contributed by atoms with E-state index in [0.717, 1.165) is 11.1 Å². The number of ketones is 1. The summed E-state index contributed by atoms with van der Waals surface area (Å²) in [5.74, 6) is -0.674. The number of hydrogen-bond donors (Lipinski definition) is 1. The molecule has 4 rings (SSSR count). The van der Waals surface area contributed by atoms with Crippen LogP contribution < -0.4 is 9.47 Å². The lowest BCUT2D eigenvalue weighted by atomic mass is 9.85. The Morgan fingerprint density at radius 3 is 2.34 bits per heavy atom. The van der Waals surface area contributed by atoms with Gasteiger partial charge in [-0.05, 0) is 59.4 Å². The van der Waals surface area contributed by atoms with Gasteiger partial charge in [0.25, 0.3) is 11.7 Å². The first kappa shape index (κ1) is 27.3. The van der Waals surface area contributed by atoms with Crippen LogP contribution >= 0.6 is 11.6 Å². The molecule has 0 bridgehead atoms. The number of rotatable bonds is 7.